The third-order valence-electron chi connectivity index (χ3n) is 12.5. The van der Waals surface area contributed by atoms with E-state index in [1.807, 2.05) is 0 Å². The van der Waals surface area contributed by atoms with Gasteiger partial charge in [0.25, 0.3) is 0 Å². The summed E-state index contributed by atoms with van der Waals surface area (Å²) in [7, 11) is 0. The van der Waals surface area contributed by atoms with Gasteiger partial charge in [0.1, 0.15) is 0 Å². The number of fused-ring (bicyclic) bond motifs is 9. The molecule has 10 aromatic rings. The number of benzene rings is 10. The Kier molecular flexibility index (Phi) is 7.71. The SMILES string of the molecule is c1ccc(-c2ccccc2C2=Nc3c(ccc4c3ccc3c(N(c5cccc(-c6cccc7ccccc67)c5)c5ccc6c(c5)-c5ccccc5C6)cccc34)C2)cc1. The van der Waals surface area contributed by atoms with Crippen LogP contribution in [0.15, 0.2) is 211 Å². The third kappa shape index (κ3) is 5.52. The second kappa shape index (κ2) is 13.5. The van der Waals surface area contributed by atoms with Crippen LogP contribution in [0.5, 0.6) is 0 Å². The Labute approximate surface area is 344 Å². The Bertz CT molecular complexity index is 3330. The maximum Gasteiger partial charge on any atom is 0.0747 e. The average Bonchev–Trinajstić information content (AvgIpc) is 3.91. The van der Waals surface area contributed by atoms with Gasteiger partial charge in [-0.25, -0.2) is 0 Å². The van der Waals surface area contributed by atoms with E-state index in [0.29, 0.717) is 0 Å². The topological polar surface area (TPSA) is 15.6 Å². The van der Waals surface area contributed by atoms with Gasteiger partial charge in [0.2, 0.25) is 0 Å². The zero-order valence-corrected chi connectivity index (χ0v) is 32.4. The van der Waals surface area contributed by atoms with Gasteiger partial charge >= 0.3 is 0 Å². The standard InChI is InChI=1S/C57H38N2/c1-2-13-37(14-3-1)46-21-8-9-23-51(46)55-35-42-28-30-50-49-25-12-26-56(52(49)31-32-53(50)57(42)58-55)59(44-29-27-41-33-39-16-5-7-22-48(39)54(41)36-44)43-19-10-18-40(34-43)47-24-11-17-38-15-4-6-20-45(38)47/h1-32,34,36H,33,35H2. The Balaban J connectivity index is 1.03. The van der Waals surface area contributed by atoms with Crippen LogP contribution in [0, 0.1) is 0 Å². The molecular weight excluding hydrogens is 713 g/mol. The second-order valence-electron chi connectivity index (χ2n) is 15.8. The Morgan fingerprint density at radius 2 is 0.966 bits per heavy atom. The van der Waals surface area contributed by atoms with Crippen LogP contribution in [0.4, 0.5) is 22.7 Å². The molecule has 0 atom stereocenters. The first kappa shape index (κ1) is 33.6. The highest BCUT2D eigenvalue weighted by atomic mass is 15.1. The monoisotopic (exact) mass is 750 g/mol. The van der Waals surface area contributed by atoms with E-state index in [4.69, 9.17) is 4.99 Å². The van der Waals surface area contributed by atoms with Crippen molar-refractivity contribution in [3.63, 3.8) is 0 Å². The molecule has 1 aliphatic heterocycles. The van der Waals surface area contributed by atoms with Crippen molar-refractivity contribution in [1.82, 2.24) is 0 Å². The van der Waals surface area contributed by atoms with Crippen molar-refractivity contribution in [3.8, 4) is 33.4 Å². The van der Waals surface area contributed by atoms with Crippen LogP contribution in [-0.4, -0.2) is 5.71 Å². The molecule has 0 aromatic heterocycles. The summed E-state index contributed by atoms with van der Waals surface area (Å²) in [6.45, 7) is 0. The molecule has 12 rings (SSSR count). The largest absolute Gasteiger partial charge is 0.310 e. The molecule has 0 radical (unpaired) electrons. The van der Waals surface area contributed by atoms with Crippen molar-refractivity contribution in [2.45, 2.75) is 12.8 Å². The lowest BCUT2D eigenvalue weighted by atomic mass is 9.93. The smallest absolute Gasteiger partial charge is 0.0747 e. The van der Waals surface area contributed by atoms with Gasteiger partial charge < -0.3 is 4.90 Å². The highest BCUT2D eigenvalue weighted by Gasteiger charge is 2.25. The maximum absolute atomic E-state index is 5.41. The first-order chi connectivity index (χ1) is 29.2. The molecule has 59 heavy (non-hydrogen) atoms. The van der Waals surface area contributed by atoms with Crippen LogP contribution in [0.25, 0.3) is 65.7 Å². The summed E-state index contributed by atoms with van der Waals surface area (Å²) >= 11 is 0. The molecule has 0 saturated carbocycles. The molecule has 2 heteroatoms. The first-order valence-electron chi connectivity index (χ1n) is 20.5. The maximum atomic E-state index is 5.41. The summed E-state index contributed by atoms with van der Waals surface area (Å²) in [4.78, 5) is 7.88. The molecule has 1 aliphatic carbocycles. The first-order valence-corrected chi connectivity index (χ1v) is 20.5. The molecule has 2 nitrogen and oxygen atoms in total. The van der Waals surface area contributed by atoms with Crippen LogP contribution in [0.1, 0.15) is 22.3 Å². The van der Waals surface area contributed by atoms with Gasteiger partial charge in [-0.05, 0) is 108 Å². The average molecular weight is 751 g/mol. The number of anilines is 3. The molecule has 0 saturated heterocycles. The summed E-state index contributed by atoms with van der Waals surface area (Å²) in [6, 6.07) is 75.6. The fourth-order valence-corrected chi connectivity index (χ4v) is 9.74. The van der Waals surface area contributed by atoms with Crippen LogP contribution in [0.3, 0.4) is 0 Å². The summed E-state index contributed by atoms with van der Waals surface area (Å²) in [5.74, 6) is 0. The fraction of sp³-hybridized carbons (Fsp3) is 0.0351. The highest BCUT2D eigenvalue weighted by molar-refractivity contribution is 6.19. The van der Waals surface area contributed by atoms with E-state index >= 15 is 0 Å². The predicted molar refractivity (Wildman–Crippen MR) is 249 cm³/mol. The summed E-state index contributed by atoms with van der Waals surface area (Å²) in [5.41, 5.74) is 18.4. The highest BCUT2D eigenvalue weighted by Crippen LogP contribution is 2.47. The van der Waals surface area contributed by atoms with E-state index in [9.17, 15) is 0 Å². The molecular formula is C57H38N2. The Hall–Kier alpha value is -7.55. The lowest BCUT2D eigenvalue weighted by Crippen LogP contribution is -2.11. The molecule has 0 N–H and O–H groups in total. The van der Waals surface area contributed by atoms with E-state index in [-0.39, 0.29) is 0 Å². The molecule has 2 aliphatic rings. The number of hydrogen-bond acceptors (Lipinski definition) is 2. The van der Waals surface area contributed by atoms with Gasteiger partial charge in [-0.1, -0.05) is 176 Å². The van der Waals surface area contributed by atoms with Gasteiger partial charge in [0, 0.05) is 34.1 Å². The zero-order chi connectivity index (χ0) is 38.9. The van der Waals surface area contributed by atoms with Gasteiger partial charge in [-0.15, -0.1) is 0 Å². The van der Waals surface area contributed by atoms with E-state index in [1.54, 1.807) is 0 Å². The lowest BCUT2D eigenvalue weighted by Gasteiger charge is -2.28. The molecule has 0 fully saturated rings. The van der Waals surface area contributed by atoms with Crippen molar-refractivity contribution in [2.24, 2.45) is 4.99 Å². The van der Waals surface area contributed by atoms with E-state index in [1.165, 1.54) is 88.0 Å². The van der Waals surface area contributed by atoms with Crippen molar-refractivity contribution in [3.05, 3.63) is 229 Å². The van der Waals surface area contributed by atoms with Crippen LogP contribution < -0.4 is 4.90 Å². The second-order valence-corrected chi connectivity index (χ2v) is 15.8. The summed E-state index contributed by atoms with van der Waals surface area (Å²) in [6.07, 6.45) is 1.78. The van der Waals surface area contributed by atoms with Crippen molar-refractivity contribution >= 4 is 60.8 Å². The molecule has 0 spiro atoms. The van der Waals surface area contributed by atoms with E-state index < -0.39 is 0 Å². The van der Waals surface area contributed by atoms with E-state index in [0.717, 1.165) is 41.3 Å². The minimum Gasteiger partial charge on any atom is -0.310 e. The lowest BCUT2D eigenvalue weighted by molar-refractivity contribution is 1.25. The number of rotatable bonds is 6. The van der Waals surface area contributed by atoms with E-state index in [2.05, 4.69) is 211 Å². The van der Waals surface area contributed by atoms with Crippen molar-refractivity contribution in [2.75, 3.05) is 4.90 Å². The predicted octanol–water partition coefficient (Wildman–Crippen LogP) is 15.2. The number of aliphatic imine (C=N–C) groups is 1. The quantitative estimate of drug-likeness (QED) is 0.155. The van der Waals surface area contributed by atoms with Gasteiger partial charge in [-0.2, -0.15) is 0 Å². The van der Waals surface area contributed by atoms with Gasteiger partial charge in [-0.3, -0.25) is 4.99 Å². The Morgan fingerprint density at radius 1 is 0.339 bits per heavy atom. The third-order valence-corrected chi connectivity index (χ3v) is 12.5. The minimum atomic E-state index is 0.815. The van der Waals surface area contributed by atoms with Crippen LogP contribution in [0.2, 0.25) is 0 Å². The van der Waals surface area contributed by atoms with Crippen LogP contribution >= 0.6 is 0 Å². The van der Waals surface area contributed by atoms with Gasteiger partial charge in [0.05, 0.1) is 17.1 Å². The van der Waals surface area contributed by atoms with Crippen molar-refractivity contribution in [1.29, 1.82) is 0 Å². The molecule has 10 aromatic carbocycles. The molecule has 276 valence electrons. The zero-order valence-electron chi connectivity index (χ0n) is 32.4. The summed E-state index contributed by atoms with van der Waals surface area (Å²) in [5, 5.41) is 7.33. The van der Waals surface area contributed by atoms with Crippen LogP contribution in [-0.2, 0) is 12.8 Å². The minimum absolute atomic E-state index is 0.815. The number of nitrogens with zero attached hydrogens (tertiary/aromatic N) is 2. The fourth-order valence-electron chi connectivity index (χ4n) is 9.74. The normalized spacial score (nSPS) is 12.7. The molecule has 0 unspecified atom stereocenters. The summed E-state index contributed by atoms with van der Waals surface area (Å²) < 4.78 is 0. The Morgan fingerprint density at radius 3 is 1.90 bits per heavy atom. The molecule has 0 bridgehead atoms. The number of hydrogen-bond donors (Lipinski definition) is 0. The van der Waals surface area contributed by atoms with Gasteiger partial charge in [0.15, 0.2) is 0 Å². The molecule has 1 heterocycles. The molecule has 0 amide bonds. The van der Waals surface area contributed by atoms with Crippen molar-refractivity contribution < 1.29 is 0 Å².